The Hall–Kier alpha value is -6.50. The summed E-state index contributed by atoms with van der Waals surface area (Å²) < 4.78 is 0. The molecule has 9 aromatic carbocycles. The van der Waals surface area contributed by atoms with Crippen LogP contribution in [0.3, 0.4) is 0 Å². The van der Waals surface area contributed by atoms with Crippen molar-refractivity contribution < 1.29 is 0 Å². The summed E-state index contributed by atoms with van der Waals surface area (Å²) in [5.74, 6) is 0.785. The molecule has 0 N–H and O–H groups in total. The lowest BCUT2D eigenvalue weighted by Gasteiger charge is -2.44. The molecule has 0 aromatic heterocycles. The summed E-state index contributed by atoms with van der Waals surface area (Å²) in [5.41, 5.74) is 22.4. The highest BCUT2D eigenvalue weighted by molar-refractivity contribution is 6.37. The fraction of sp³-hybridized carbons (Fsp3) is 0.138. The molecule has 6 aliphatic rings. The fourth-order valence-corrected chi connectivity index (χ4v) is 13.3. The molecule has 0 heterocycles. The van der Waals surface area contributed by atoms with E-state index in [0.29, 0.717) is 11.8 Å². The van der Waals surface area contributed by atoms with E-state index in [-0.39, 0.29) is 10.8 Å². The van der Waals surface area contributed by atoms with E-state index >= 15 is 0 Å². The van der Waals surface area contributed by atoms with E-state index in [1.54, 1.807) is 0 Å². The van der Waals surface area contributed by atoms with Crippen LogP contribution in [0.5, 0.6) is 0 Å². The van der Waals surface area contributed by atoms with Gasteiger partial charge in [-0.25, -0.2) is 0 Å². The summed E-state index contributed by atoms with van der Waals surface area (Å²) in [6, 6.07) is 43.5. The van der Waals surface area contributed by atoms with Crippen LogP contribution in [-0.2, 0) is 10.8 Å². The molecule has 0 heteroatoms. The van der Waals surface area contributed by atoms with E-state index in [0.717, 1.165) is 0 Å². The Morgan fingerprint density at radius 3 is 1.50 bits per heavy atom. The second-order valence-electron chi connectivity index (χ2n) is 19.1. The smallest absolute Gasteiger partial charge is 0.0199 e. The van der Waals surface area contributed by atoms with Gasteiger partial charge in [-0.2, -0.15) is 0 Å². The lowest BCUT2D eigenvalue weighted by molar-refractivity contribution is 0.521. The lowest BCUT2D eigenvalue weighted by atomic mass is 9.59. The summed E-state index contributed by atoms with van der Waals surface area (Å²) >= 11 is 0. The molecule has 0 spiro atoms. The SMILES string of the molecule is CC1(C)c2cc3c(cc2C(C)(C)c2cc4c(cc21)-c1ccc2c5cccc6cccc(c7ccc-4c1c27)c65)-c1ccc2c4c(ccc-3c14)C1=CC=CC3=CC=CC2C31. The zero-order valence-corrected chi connectivity index (χ0v) is 33.0. The molecule has 0 amide bonds. The van der Waals surface area contributed by atoms with E-state index in [9.17, 15) is 0 Å². The molecule has 0 nitrogen and oxygen atoms in total. The Balaban J connectivity index is 0.948. The predicted octanol–water partition coefficient (Wildman–Crippen LogP) is 15.3. The van der Waals surface area contributed by atoms with Gasteiger partial charge < -0.3 is 0 Å². The summed E-state index contributed by atoms with van der Waals surface area (Å²) in [6.07, 6.45) is 14.0. The number of fused-ring (bicyclic) bond motifs is 12. The second-order valence-corrected chi connectivity index (χ2v) is 19.1. The zero-order valence-electron chi connectivity index (χ0n) is 33.0. The largest absolute Gasteiger partial charge is 0.0760 e. The van der Waals surface area contributed by atoms with Gasteiger partial charge in [-0.05, 0) is 167 Å². The molecular formula is C58H38. The van der Waals surface area contributed by atoms with Gasteiger partial charge in [0.15, 0.2) is 0 Å². The van der Waals surface area contributed by atoms with E-state index < -0.39 is 0 Å². The highest BCUT2D eigenvalue weighted by Gasteiger charge is 2.45. The summed E-state index contributed by atoms with van der Waals surface area (Å²) in [4.78, 5) is 0. The minimum Gasteiger partial charge on any atom is -0.0760 e. The molecule has 9 aromatic rings. The molecule has 2 unspecified atom stereocenters. The van der Waals surface area contributed by atoms with Crippen LogP contribution in [0.15, 0.2) is 151 Å². The molecule has 0 saturated carbocycles. The van der Waals surface area contributed by atoms with E-state index in [4.69, 9.17) is 0 Å². The monoisotopic (exact) mass is 734 g/mol. The molecule has 0 bridgehead atoms. The molecule has 0 aliphatic heterocycles. The third-order valence-electron chi connectivity index (χ3n) is 15.9. The van der Waals surface area contributed by atoms with Gasteiger partial charge >= 0.3 is 0 Å². The van der Waals surface area contributed by atoms with Crippen LogP contribution < -0.4 is 0 Å². The average Bonchev–Trinajstić information content (AvgIpc) is 3.75. The highest BCUT2D eigenvalue weighted by Crippen LogP contribution is 2.62. The molecule has 58 heavy (non-hydrogen) atoms. The Bertz CT molecular complexity index is 3500. The van der Waals surface area contributed by atoms with Crippen molar-refractivity contribution in [2.45, 2.75) is 44.4 Å². The van der Waals surface area contributed by atoms with Gasteiger partial charge in [0.1, 0.15) is 0 Å². The van der Waals surface area contributed by atoms with Gasteiger partial charge in [0.05, 0.1) is 0 Å². The molecule has 270 valence electrons. The molecular weight excluding hydrogens is 697 g/mol. The highest BCUT2D eigenvalue weighted by atomic mass is 14.5. The van der Waals surface area contributed by atoms with E-state index in [1.165, 1.54) is 143 Å². The van der Waals surface area contributed by atoms with Crippen molar-refractivity contribution in [1.82, 2.24) is 0 Å². The summed E-state index contributed by atoms with van der Waals surface area (Å²) in [6.45, 7) is 9.92. The standard InChI is InChI=1S/C58H38/c1-57(2)47-25-43-39-21-17-35-31-13-5-9-29-11-7-15-33(51(29)31)37-19-23-41(55(39)53(35)37)45(43)27-49(47)58(3,4)50-28-46-42-24-20-38-34-16-8-12-30-10-6-14-32(52(30)34)36-18-22-40(56(42)54(36)38)44(46)26-48(50)57/h5-28,31,51H,1-4H3. The van der Waals surface area contributed by atoms with Crippen LogP contribution in [0, 0.1) is 5.92 Å². The minimum absolute atomic E-state index is 0.185. The number of hydrogen-bond donors (Lipinski definition) is 0. The van der Waals surface area contributed by atoms with Crippen molar-refractivity contribution in [3.63, 3.8) is 0 Å². The van der Waals surface area contributed by atoms with Gasteiger partial charge in [0.25, 0.3) is 0 Å². The normalized spacial score (nSPS) is 20.1. The first-order chi connectivity index (χ1) is 28.3. The third-order valence-corrected chi connectivity index (χ3v) is 15.9. The quantitative estimate of drug-likeness (QED) is 0.107. The predicted molar refractivity (Wildman–Crippen MR) is 245 cm³/mol. The Morgan fingerprint density at radius 1 is 0.414 bits per heavy atom. The minimum atomic E-state index is -0.185. The van der Waals surface area contributed by atoms with Crippen LogP contribution in [0.25, 0.3) is 104 Å². The summed E-state index contributed by atoms with van der Waals surface area (Å²) in [7, 11) is 0. The van der Waals surface area contributed by atoms with Crippen LogP contribution in [0.1, 0.15) is 67.0 Å². The van der Waals surface area contributed by atoms with Gasteiger partial charge in [0, 0.05) is 22.7 Å². The van der Waals surface area contributed by atoms with Crippen molar-refractivity contribution in [3.8, 4) is 44.5 Å². The average molecular weight is 735 g/mol. The van der Waals surface area contributed by atoms with Crippen LogP contribution in [-0.4, -0.2) is 0 Å². The van der Waals surface area contributed by atoms with Crippen LogP contribution in [0.2, 0.25) is 0 Å². The molecule has 6 aliphatic carbocycles. The van der Waals surface area contributed by atoms with E-state index in [1.807, 2.05) is 0 Å². The molecule has 0 radical (unpaired) electrons. The van der Waals surface area contributed by atoms with Gasteiger partial charge in [-0.1, -0.05) is 149 Å². The number of rotatable bonds is 0. The van der Waals surface area contributed by atoms with Crippen molar-refractivity contribution in [2.24, 2.45) is 5.92 Å². The van der Waals surface area contributed by atoms with E-state index in [2.05, 4.69) is 173 Å². The lowest BCUT2D eigenvalue weighted by Crippen LogP contribution is -2.36. The number of allylic oxidation sites excluding steroid dienone is 8. The number of hydrogen-bond acceptors (Lipinski definition) is 0. The third kappa shape index (κ3) is 3.24. The van der Waals surface area contributed by atoms with Crippen molar-refractivity contribution in [2.75, 3.05) is 0 Å². The first-order valence-electron chi connectivity index (χ1n) is 21.2. The Morgan fingerprint density at radius 2 is 0.914 bits per heavy atom. The second kappa shape index (κ2) is 9.61. The van der Waals surface area contributed by atoms with Gasteiger partial charge in [0.2, 0.25) is 0 Å². The topological polar surface area (TPSA) is 0 Å². The maximum atomic E-state index is 2.60. The van der Waals surface area contributed by atoms with Crippen LogP contribution in [0.4, 0.5) is 0 Å². The van der Waals surface area contributed by atoms with Gasteiger partial charge in [-0.3, -0.25) is 0 Å². The van der Waals surface area contributed by atoms with Gasteiger partial charge in [-0.15, -0.1) is 0 Å². The Labute approximate surface area is 337 Å². The van der Waals surface area contributed by atoms with Crippen molar-refractivity contribution in [1.29, 1.82) is 0 Å². The summed E-state index contributed by atoms with van der Waals surface area (Å²) in [5, 5.41) is 13.9. The van der Waals surface area contributed by atoms with Crippen LogP contribution >= 0.6 is 0 Å². The molecule has 0 fully saturated rings. The maximum Gasteiger partial charge on any atom is 0.0199 e. The Kier molecular flexibility index (Phi) is 5.07. The van der Waals surface area contributed by atoms with Crippen molar-refractivity contribution in [3.05, 3.63) is 185 Å². The first-order valence-corrected chi connectivity index (χ1v) is 21.2. The van der Waals surface area contributed by atoms with Crippen molar-refractivity contribution >= 4 is 59.4 Å². The fourth-order valence-electron chi connectivity index (χ4n) is 13.3. The number of benzene rings is 9. The molecule has 2 atom stereocenters. The molecule has 15 rings (SSSR count). The molecule has 0 saturated heterocycles. The maximum absolute atomic E-state index is 2.60. The first kappa shape index (κ1) is 30.6. The zero-order chi connectivity index (χ0) is 38.1.